The number of rotatable bonds is 4. The number of nitrogens with one attached hydrogen (secondary N) is 1. The zero-order chi connectivity index (χ0) is 27.9. The first kappa shape index (κ1) is 26.5. The summed E-state index contributed by atoms with van der Waals surface area (Å²) in [5.41, 5.74) is 3.46. The number of hydrogen-bond donors (Lipinski definition) is 1. The summed E-state index contributed by atoms with van der Waals surface area (Å²) in [6.45, 7) is 8.99. The summed E-state index contributed by atoms with van der Waals surface area (Å²) in [7, 11) is 4.03. The number of carbonyl (C=O) groups excluding carboxylic acids is 2. The van der Waals surface area contributed by atoms with Crippen LogP contribution in [0.1, 0.15) is 39.2 Å². The maximum absolute atomic E-state index is 13.1. The standard InChI is InChI=1S/C29H36N6O4/c1-19-22(8-7-9-24(19)33(5)6)32-25-21-16-20(10-11-23(21)30-18-31-25)35-17-29(39-27(35)37)12-14-34(15-13-29)26(36)38-28(2,3)4/h7-11,16,18H,12-15,17H2,1-6H3,(H,30,31,32). The molecule has 39 heavy (non-hydrogen) atoms. The molecule has 206 valence electrons. The van der Waals surface area contributed by atoms with Crippen molar-refractivity contribution in [3.63, 3.8) is 0 Å². The molecular formula is C29H36N6O4. The Bertz CT molecular complexity index is 1410. The second-order valence-corrected chi connectivity index (χ2v) is 11.5. The minimum atomic E-state index is -0.636. The molecule has 0 aliphatic carbocycles. The predicted octanol–water partition coefficient (Wildman–Crippen LogP) is 5.47. The van der Waals surface area contributed by atoms with E-state index in [1.54, 1.807) is 9.80 Å². The molecule has 1 spiro atoms. The van der Waals surface area contributed by atoms with Gasteiger partial charge in [-0.3, -0.25) is 4.90 Å². The first-order valence-electron chi connectivity index (χ1n) is 13.2. The highest BCUT2D eigenvalue weighted by atomic mass is 16.6. The second kappa shape index (κ2) is 9.91. The van der Waals surface area contributed by atoms with E-state index in [1.807, 2.05) is 65.2 Å². The van der Waals surface area contributed by atoms with Gasteiger partial charge in [-0.2, -0.15) is 0 Å². The summed E-state index contributed by atoms with van der Waals surface area (Å²) >= 11 is 0. The molecule has 2 aromatic carbocycles. The molecule has 0 saturated carbocycles. The van der Waals surface area contributed by atoms with E-state index < -0.39 is 11.2 Å². The molecular weight excluding hydrogens is 496 g/mol. The summed E-state index contributed by atoms with van der Waals surface area (Å²) in [5, 5.41) is 4.27. The molecule has 2 aliphatic heterocycles. The van der Waals surface area contributed by atoms with Gasteiger partial charge in [0.25, 0.3) is 0 Å². The van der Waals surface area contributed by atoms with Gasteiger partial charge in [0.05, 0.1) is 12.1 Å². The van der Waals surface area contributed by atoms with Crippen LogP contribution in [0.2, 0.25) is 0 Å². The molecule has 3 heterocycles. The number of benzene rings is 2. The van der Waals surface area contributed by atoms with Crippen molar-refractivity contribution in [1.82, 2.24) is 14.9 Å². The number of hydrogen-bond acceptors (Lipinski definition) is 8. The zero-order valence-electron chi connectivity index (χ0n) is 23.4. The Labute approximate surface area is 228 Å². The Morgan fingerprint density at radius 1 is 1.13 bits per heavy atom. The third-order valence-electron chi connectivity index (χ3n) is 7.27. The van der Waals surface area contributed by atoms with E-state index in [4.69, 9.17) is 9.47 Å². The lowest BCUT2D eigenvalue weighted by Crippen LogP contribution is -2.49. The van der Waals surface area contributed by atoms with Crippen LogP contribution in [0, 0.1) is 6.92 Å². The smallest absolute Gasteiger partial charge is 0.415 e. The topological polar surface area (TPSA) is 100 Å². The van der Waals surface area contributed by atoms with Gasteiger partial charge in [-0.05, 0) is 63.6 Å². The van der Waals surface area contributed by atoms with Crippen LogP contribution in [0.25, 0.3) is 10.9 Å². The molecule has 2 aliphatic rings. The van der Waals surface area contributed by atoms with Crippen molar-refractivity contribution in [3.05, 3.63) is 48.3 Å². The summed E-state index contributed by atoms with van der Waals surface area (Å²) in [5.74, 6) is 0.661. The van der Waals surface area contributed by atoms with Crippen molar-refractivity contribution in [3.8, 4) is 0 Å². The lowest BCUT2D eigenvalue weighted by atomic mass is 9.91. The van der Waals surface area contributed by atoms with Gasteiger partial charge in [-0.15, -0.1) is 0 Å². The molecule has 2 amide bonds. The summed E-state index contributed by atoms with van der Waals surface area (Å²) < 4.78 is 11.4. The van der Waals surface area contributed by atoms with Crippen LogP contribution >= 0.6 is 0 Å². The number of likely N-dealkylation sites (tertiary alicyclic amines) is 1. The summed E-state index contributed by atoms with van der Waals surface area (Å²) in [4.78, 5) is 39.9. The lowest BCUT2D eigenvalue weighted by molar-refractivity contribution is -0.0167. The zero-order valence-corrected chi connectivity index (χ0v) is 23.4. The van der Waals surface area contributed by atoms with Crippen LogP contribution < -0.4 is 15.1 Å². The van der Waals surface area contributed by atoms with Gasteiger partial charge >= 0.3 is 12.2 Å². The molecule has 0 unspecified atom stereocenters. The maximum atomic E-state index is 13.1. The van der Waals surface area contributed by atoms with Gasteiger partial charge < -0.3 is 24.6 Å². The van der Waals surface area contributed by atoms with Gasteiger partial charge in [0, 0.05) is 62.5 Å². The van der Waals surface area contributed by atoms with Crippen LogP contribution in [-0.4, -0.2) is 72.0 Å². The van der Waals surface area contributed by atoms with Crippen molar-refractivity contribution in [2.75, 3.05) is 48.8 Å². The van der Waals surface area contributed by atoms with Crippen molar-refractivity contribution < 1.29 is 19.1 Å². The van der Waals surface area contributed by atoms with Crippen molar-refractivity contribution in [2.45, 2.75) is 51.7 Å². The fourth-order valence-corrected chi connectivity index (χ4v) is 5.19. The van der Waals surface area contributed by atoms with Gasteiger partial charge in [0.2, 0.25) is 0 Å². The van der Waals surface area contributed by atoms with Crippen LogP contribution in [0.5, 0.6) is 0 Å². The molecule has 1 N–H and O–H groups in total. The van der Waals surface area contributed by atoms with E-state index in [2.05, 4.69) is 33.2 Å². The van der Waals surface area contributed by atoms with Gasteiger partial charge in [0.15, 0.2) is 0 Å². The SMILES string of the molecule is Cc1c(Nc2ncnc3ccc(N4CC5(CCN(C(=O)OC(C)(C)C)CC5)OC4=O)cc23)cccc1N(C)C. The molecule has 2 fully saturated rings. The average molecular weight is 533 g/mol. The van der Waals surface area contributed by atoms with E-state index >= 15 is 0 Å². The van der Waals surface area contributed by atoms with E-state index in [0.717, 1.165) is 33.5 Å². The molecule has 10 heteroatoms. The Balaban J connectivity index is 1.36. The molecule has 0 atom stereocenters. The minimum absolute atomic E-state index is 0.334. The number of fused-ring (bicyclic) bond motifs is 1. The number of ether oxygens (including phenoxy) is 2. The predicted molar refractivity (Wildman–Crippen MR) is 152 cm³/mol. The number of anilines is 4. The number of nitrogens with zero attached hydrogens (tertiary/aromatic N) is 5. The molecule has 0 radical (unpaired) electrons. The number of carbonyl (C=O) groups is 2. The Morgan fingerprint density at radius 2 is 1.87 bits per heavy atom. The first-order valence-corrected chi connectivity index (χ1v) is 13.2. The number of aromatic nitrogens is 2. The van der Waals surface area contributed by atoms with Crippen LogP contribution in [0.15, 0.2) is 42.7 Å². The first-order chi connectivity index (χ1) is 18.4. The van der Waals surface area contributed by atoms with Crippen molar-refractivity contribution >= 4 is 46.0 Å². The fraction of sp³-hybridized carbons (Fsp3) is 0.448. The van der Waals surface area contributed by atoms with E-state index in [-0.39, 0.29) is 12.2 Å². The summed E-state index contributed by atoms with van der Waals surface area (Å²) in [6, 6.07) is 11.8. The third-order valence-corrected chi connectivity index (χ3v) is 7.27. The molecule has 2 saturated heterocycles. The number of amides is 2. The van der Waals surface area contributed by atoms with E-state index in [1.165, 1.54) is 6.33 Å². The molecule has 10 nitrogen and oxygen atoms in total. The maximum Gasteiger partial charge on any atom is 0.415 e. The van der Waals surface area contributed by atoms with Crippen LogP contribution in [0.4, 0.5) is 32.5 Å². The van der Waals surface area contributed by atoms with E-state index in [9.17, 15) is 9.59 Å². The quantitative estimate of drug-likeness (QED) is 0.472. The normalized spacial score (nSPS) is 16.9. The Hall–Kier alpha value is -4.08. The molecule has 3 aromatic rings. The van der Waals surface area contributed by atoms with Crippen LogP contribution in [0.3, 0.4) is 0 Å². The number of piperidine rings is 1. The third kappa shape index (κ3) is 5.41. The summed E-state index contributed by atoms with van der Waals surface area (Å²) in [6.07, 6.45) is 1.92. The van der Waals surface area contributed by atoms with Crippen LogP contribution in [-0.2, 0) is 9.47 Å². The molecule has 1 aromatic heterocycles. The molecule has 5 rings (SSSR count). The van der Waals surface area contributed by atoms with Crippen molar-refractivity contribution in [2.24, 2.45) is 0 Å². The monoisotopic (exact) mass is 532 g/mol. The van der Waals surface area contributed by atoms with Gasteiger partial charge in [-0.25, -0.2) is 19.6 Å². The highest BCUT2D eigenvalue weighted by molar-refractivity contribution is 5.97. The highest BCUT2D eigenvalue weighted by Gasteiger charge is 2.48. The van der Waals surface area contributed by atoms with Crippen molar-refractivity contribution in [1.29, 1.82) is 0 Å². The Morgan fingerprint density at radius 3 is 2.56 bits per heavy atom. The average Bonchev–Trinajstić information content (AvgIpc) is 3.19. The Kier molecular flexibility index (Phi) is 6.74. The second-order valence-electron chi connectivity index (χ2n) is 11.5. The lowest BCUT2D eigenvalue weighted by Gasteiger charge is -2.37. The molecule has 0 bridgehead atoms. The van der Waals surface area contributed by atoms with Gasteiger partial charge in [-0.1, -0.05) is 6.07 Å². The fourth-order valence-electron chi connectivity index (χ4n) is 5.19. The highest BCUT2D eigenvalue weighted by Crippen LogP contribution is 2.38. The minimum Gasteiger partial charge on any atom is -0.444 e. The largest absolute Gasteiger partial charge is 0.444 e. The van der Waals surface area contributed by atoms with Gasteiger partial charge in [0.1, 0.15) is 23.3 Å². The van der Waals surface area contributed by atoms with E-state index in [0.29, 0.717) is 38.3 Å².